The SMILES string of the molecule is COc1cccc2c1[C@@H]1CCN(Cc3ccccc3)C[C@@H]1C2. The van der Waals surface area contributed by atoms with Crippen LogP contribution in [0.3, 0.4) is 0 Å². The fourth-order valence-electron chi connectivity index (χ4n) is 4.33. The molecule has 0 unspecified atom stereocenters. The number of likely N-dealkylation sites (tertiary alicyclic amines) is 1. The number of fused-ring (bicyclic) bond motifs is 3. The lowest BCUT2D eigenvalue weighted by Gasteiger charge is -2.35. The van der Waals surface area contributed by atoms with Crippen molar-refractivity contribution in [2.75, 3.05) is 20.2 Å². The molecule has 2 aromatic rings. The van der Waals surface area contributed by atoms with Crippen LogP contribution in [-0.2, 0) is 13.0 Å². The lowest BCUT2D eigenvalue weighted by atomic mass is 9.85. The van der Waals surface area contributed by atoms with Gasteiger partial charge in [-0.25, -0.2) is 0 Å². The normalized spacial score (nSPS) is 23.9. The fraction of sp³-hybridized carbons (Fsp3) is 0.400. The minimum Gasteiger partial charge on any atom is -0.496 e. The standard InChI is InChI=1S/C20H23NO/c1-22-19-9-5-8-16-12-17-14-21(11-10-18(17)20(16)19)13-15-6-3-2-4-7-15/h2-9,17-18H,10-14H2,1H3/t17-,18+/m0/s1. The first-order chi connectivity index (χ1) is 10.8. The molecule has 1 saturated heterocycles. The second-order valence-corrected chi connectivity index (χ2v) is 6.61. The quantitative estimate of drug-likeness (QED) is 0.852. The summed E-state index contributed by atoms with van der Waals surface area (Å²) in [7, 11) is 1.80. The Labute approximate surface area is 132 Å². The van der Waals surface area contributed by atoms with E-state index in [1.54, 1.807) is 7.11 Å². The summed E-state index contributed by atoms with van der Waals surface area (Å²) in [4.78, 5) is 2.62. The third-order valence-electron chi connectivity index (χ3n) is 5.30. The number of methoxy groups -OCH3 is 1. The summed E-state index contributed by atoms with van der Waals surface area (Å²) in [5, 5.41) is 0. The van der Waals surface area contributed by atoms with Gasteiger partial charge in [-0.1, -0.05) is 42.5 Å². The van der Waals surface area contributed by atoms with Crippen molar-refractivity contribution in [1.29, 1.82) is 0 Å². The largest absolute Gasteiger partial charge is 0.496 e. The molecule has 1 fully saturated rings. The Hall–Kier alpha value is -1.80. The van der Waals surface area contributed by atoms with Crippen molar-refractivity contribution in [2.45, 2.75) is 25.3 Å². The molecule has 114 valence electrons. The summed E-state index contributed by atoms with van der Waals surface area (Å²) in [6.45, 7) is 3.47. The molecule has 2 aromatic carbocycles. The number of piperidine rings is 1. The third kappa shape index (κ3) is 2.42. The van der Waals surface area contributed by atoms with Crippen molar-refractivity contribution >= 4 is 0 Å². The first-order valence-corrected chi connectivity index (χ1v) is 8.27. The minimum atomic E-state index is 0.693. The first kappa shape index (κ1) is 13.8. The van der Waals surface area contributed by atoms with Crippen molar-refractivity contribution in [2.24, 2.45) is 5.92 Å². The van der Waals surface area contributed by atoms with E-state index in [1.807, 2.05) is 0 Å². The highest BCUT2D eigenvalue weighted by atomic mass is 16.5. The predicted molar refractivity (Wildman–Crippen MR) is 89.3 cm³/mol. The third-order valence-corrected chi connectivity index (χ3v) is 5.30. The molecule has 1 heterocycles. The van der Waals surface area contributed by atoms with Crippen molar-refractivity contribution in [3.05, 3.63) is 65.2 Å². The van der Waals surface area contributed by atoms with Gasteiger partial charge < -0.3 is 4.74 Å². The molecule has 0 radical (unpaired) electrons. The second-order valence-electron chi connectivity index (χ2n) is 6.61. The van der Waals surface area contributed by atoms with Crippen molar-refractivity contribution < 1.29 is 4.74 Å². The van der Waals surface area contributed by atoms with Crippen LogP contribution in [0.25, 0.3) is 0 Å². The minimum absolute atomic E-state index is 0.693. The van der Waals surface area contributed by atoms with Gasteiger partial charge in [0.05, 0.1) is 7.11 Å². The molecular weight excluding hydrogens is 270 g/mol. The molecule has 2 aliphatic rings. The van der Waals surface area contributed by atoms with Crippen LogP contribution < -0.4 is 4.74 Å². The van der Waals surface area contributed by atoms with Gasteiger partial charge in [0.25, 0.3) is 0 Å². The van der Waals surface area contributed by atoms with Crippen molar-refractivity contribution in [1.82, 2.24) is 4.90 Å². The molecule has 0 saturated carbocycles. The summed E-state index contributed by atoms with van der Waals surface area (Å²) in [6.07, 6.45) is 2.47. The van der Waals surface area contributed by atoms with Gasteiger partial charge in [-0.15, -0.1) is 0 Å². The summed E-state index contributed by atoms with van der Waals surface area (Å²) in [5.74, 6) is 2.54. The summed E-state index contributed by atoms with van der Waals surface area (Å²) in [6, 6.07) is 17.4. The molecule has 2 heteroatoms. The van der Waals surface area contributed by atoms with Gasteiger partial charge in [0, 0.05) is 18.7 Å². The van der Waals surface area contributed by atoms with Gasteiger partial charge in [0.2, 0.25) is 0 Å². The summed E-state index contributed by atoms with van der Waals surface area (Å²) < 4.78 is 5.61. The maximum Gasteiger partial charge on any atom is 0.122 e. The van der Waals surface area contributed by atoms with Gasteiger partial charge in [0.15, 0.2) is 0 Å². The Balaban J connectivity index is 1.50. The second kappa shape index (κ2) is 5.77. The zero-order chi connectivity index (χ0) is 14.9. The van der Waals surface area contributed by atoms with Crippen LogP contribution in [0, 0.1) is 5.92 Å². The molecule has 0 bridgehead atoms. The van der Waals surface area contributed by atoms with E-state index >= 15 is 0 Å². The van der Waals surface area contributed by atoms with Gasteiger partial charge in [-0.3, -0.25) is 4.90 Å². The van der Waals surface area contributed by atoms with E-state index in [1.165, 1.54) is 42.6 Å². The highest BCUT2D eigenvalue weighted by molar-refractivity contribution is 5.47. The molecule has 0 spiro atoms. The molecule has 0 amide bonds. The fourth-order valence-corrected chi connectivity index (χ4v) is 4.33. The lowest BCUT2D eigenvalue weighted by Crippen LogP contribution is -2.37. The van der Waals surface area contributed by atoms with Crippen molar-refractivity contribution in [3.8, 4) is 5.75 Å². The van der Waals surface area contributed by atoms with Crippen LogP contribution in [0.4, 0.5) is 0 Å². The first-order valence-electron chi connectivity index (χ1n) is 8.27. The lowest BCUT2D eigenvalue weighted by molar-refractivity contribution is 0.154. The monoisotopic (exact) mass is 293 g/mol. The van der Waals surface area contributed by atoms with Gasteiger partial charge in [-0.2, -0.15) is 0 Å². The van der Waals surface area contributed by atoms with E-state index in [9.17, 15) is 0 Å². The number of hydrogen-bond donors (Lipinski definition) is 0. The number of nitrogens with zero attached hydrogens (tertiary/aromatic N) is 1. The van der Waals surface area contributed by atoms with Gasteiger partial charge in [-0.05, 0) is 48.4 Å². The molecule has 0 N–H and O–H groups in total. The predicted octanol–water partition coefficient (Wildman–Crippen LogP) is 3.86. The molecule has 22 heavy (non-hydrogen) atoms. The Morgan fingerprint density at radius 3 is 2.77 bits per heavy atom. The molecule has 1 aliphatic heterocycles. The van der Waals surface area contributed by atoms with Crippen LogP contribution in [-0.4, -0.2) is 25.1 Å². The number of hydrogen-bond acceptors (Lipinski definition) is 2. The Morgan fingerprint density at radius 1 is 1.09 bits per heavy atom. The van der Waals surface area contributed by atoms with Crippen LogP contribution in [0.15, 0.2) is 48.5 Å². The van der Waals surface area contributed by atoms with E-state index in [2.05, 4.69) is 53.4 Å². The van der Waals surface area contributed by atoms with Crippen LogP contribution in [0.1, 0.15) is 29.0 Å². The van der Waals surface area contributed by atoms with E-state index in [-0.39, 0.29) is 0 Å². The highest BCUT2D eigenvalue weighted by Gasteiger charge is 2.38. The molecule has 0 aromatic heterocycles. The molecule has 2 atom stereocenters. The molecule has 4 rings (SSSR count). The van der Waals surface area contributed by atoms with Gasteiger partial charge >= 0.3 is 0 Å². The van der Waals surface area contributed by atoms with E-state index < -0.39 is 0 Å². The Morgan fingerprint density at radius 2 is 1.95 bits per heavy atom. The van der Waals surface area contributed by atoms with E-state index in [0.29, 0.717) is 5.92 Å². The van der Waals surface area contributed by atoms with Crippen LogP contribution in [0.5, 0.6) is 5.75 Å². The number of ether oxygens (including phenoxy) is 1. The number of benzene rings is 2. The molecule has 1 aliphatic carbocycles. The van der Waals surface area contributed by atoms with E-state index in [4.69, 9.17) is 4.74 Å². The summed E-state index contributed by atoms with van der Waals surface area (Å²) >= 11 is 0. The Kier molecular flexibility index (Phi) is 3.63. The maximum atomic E-state index is 5.61. The maximum absolute atomic E-state index is 5.61. The van der Waals surface area contributed by atoms with Crippen LogP contribution >= 0.6 is 0 Å². The zero-order valence-electron chi connectivity index (χ0n) is 13.2. The molecule has 2 nitrogen and oxygen atoms in total. The Bertz CT molecular complexity index is 652. The molecular formula is C20H23NO. The smallest absolute Gasteiger partial charge is 0.122 e. The van der Waals surface area contributed by atoms with Crippen LogP contribution in [0.2, 0.25) is 0 Å². The van der Waals surface area contributed by atoms with E-state index in [0.717, 1.165) is 18.2 Å². The number of rotatable bonds is 3. The zero-order valence-corrected chi connectivity index (χ0v) is 13.2. The topological polar surface area (TPSA) is 12.5 Å². The van der Waals surface area contributed by atoms with Crippen molar-refractivity contribution in [3.63, 3.8) is 0 Å². The highest BCUT2D eigenvalue weighted by Crippen LogP contribution is 2.47. The van der Waals surface area contributed by atoms with Gasteiger partial charge in [0.1, 0.15) is 5.75 Å². The average molecular weight is 293 g/mol. The summed E-state index contributed by atoms with van der Waals surface area (Å²) in [5.41, 5.74) is 4.43. The average Bonchev–Trinajstić information content (AvgIpc) is 2.93.